The van der Waals surface area contributed by atoms with Gasteiger partial charge in [-0.05, 0) is 55.1 Å². The number of hydrogen-bond donors (Lipinski definition) is 1. The number of nitrogens with one attached hydrogen (secondary N) is 1. The van der Waals surface area contributed by atoms with Gasteiger partial charge in [0.2, 0.25) is 0 Å². The maximum absolute atomic E-state index is 12.4. The molecule has 1 fully saturated rings. The Labute approximate surface area is 164 Å². The Hall–Kier alpha value is -2.31. The van der Waals surface area contributed by atoms with E-state index in [1.807, 2.05) is 49.5 Å². The van der Waals surface area contributed by atoms with Crippen LogP contribution in [0.4, 0.5) is 5.69 Å². The molecule has 1 aromatic heterocycles. The summed E-state index contributed by atoms with van der Waals surface area (Å²) < 4.78 is 3.15. The number of thioether (sulfide) groups is 1. The number of aromatic nitrogens is 1. The van der Waals surface area contributed by atoms with Crippen LogP contribution in [0.15, 0.2) is 62.9 Å². The SMILES string of the molecule is Cc1c(/C=C2\SC(=Nc3ccc(Br)cc3)NC2=O)c2ccccc2n1C. The molecule has 26 heavy (non-hydrogen) atoms. The van der Waals surface area contributed by atoms with Crippen LogP contribution in [0.2, 0.25) is 0 Å². The third-order valence-corrected chi connectivity index (χ3v) is 5.87. The fourth-order valence-electron chi connectivity index (χ4n) is 2.98. The van der Waals surface area contributed by atoms with Gasteiger partial charge in [0, 0.05) is 33.7 Å². The molecule has 0 bridgehead atoms. The first-order valence-electron chi connectivity index (χ1n) is 8.12. The molecule has 0 spiro atoms. The van der Waals surface area contributed by atoms with Gasteiger partial charge in [-0.25, -0.2) is 4.99 Å². The van der Waals surface area contributed by atoms with Gasteiger partial charge in [0.15, 0.2) is 5.17 Å². The molecule has 3 aromatic rings. The summed E-state index contributed by atoms with van der Waals surface area (Å²) in [5.41, 5.74) is 4.17. The smallest absolute Gasteiger partial charge is 0.264 e. The van der Waals surface area contributed by atoms with Crippen LogP contribution >= 0.6 is 27.7 Å². The van der Waals surface area contributed by atoms with Crippen molar-refractivity contribution >= 4 is 61.4 Å². The molecule has 6 heteroatoms. The Balaban J connectivity index is 1.70. The van der Waals surface area contributed by atoms with Crippen molar-refractivity contribution in [3.63, 3.8) is 0 Å². The largest absolute Gasteiger partial charge is 0.347 e. The van der Waals surface area contributed by atoms with Gasteiger partial charge in [0.25, 0.3) is 5.91 Å². The van der Waals surface area contributed by atoms with Crippen molar-refractivity contribution in [3.8, 4) is 0 Å². The molecule has 2 heterocycles. The maximum atomic E-state index is 12.4. The first-order valence-corrected chi connectivity index (χ1v) is 9.73. The summed E-state index contributed by atoms with van der Waals surface area (Å²) >= 11 is 4.78. The summed E-state index contributed by atoms with van der Waals surface area (Å²) in [5, 5.41) is 4.59. The van der Waals surface area contributed by atoms with Crippen LogP contribution < -0.4 is 5.32 Å². The molecule has 4 nitrogen and oxygen atoms in total. The third kappa shape index (κ3) is 3.10. The van der Waals surface area contributed by atoms with E-state index in [4.69, 9.17) is 0 Å². The van der Waals surface area contributed by atoms with Gasteiger partial charge in [0.05, 0.1) is 10.6 Å². The van der Waals surface area contributed by atoms with Crippen molar-refractivity contribution in [1.29, 1.82) is 0 Å². The van der Waals surface area contributed by atoms with Crippen LogP contribution in [0, 0.1) is 6.92 Å². The van der Waals surface area contributed by atoms with Gasteiger partial charge in [-0.3, -0.25) is 4.79 Å². The van der Waals surface area contributed by atoms with Crippen molar-refractivity contribution in [2.24, 2.45) is 12.0 Å². The Bertz CT molecular complexity index is 1080. The number of carbonyl (C=O) groups excluding carboxylic acids is 1. The molecule has 1 aliphatic heterocycles. The zero-order valence-electron chi connectivity index (χ0n) is 14.3. The van der Waals surface area contributed by atoms with Crippen molar-refractivity contribution in [2.75, 3.05) is 0 Å². The highest BCUT2D eigenvalue weighted by atomic mass is 79.9. The van der Waals surface area contributed by atoms with E-state index < -0.39 is 0 Å². The monoisotopic (exact) mass is 425 g/mol. The van der Waals surface area contributed by atoms with E-state index in [2.05, 4.69) is 49.9 Å². The number of amidine groups is 1. The second-order valence-corrected chi connectivity index (χ2v) is 7.98. The zero-order valence-corrected chi connectivity index (χ0v) is 16.7. The van der Waals surface area contributed by atoms with Crippen molar-refractivity contribution in [2.45, 2.75) is 6.92 Å². The standard InChI is InChI=1S/C20H16BrN3OS/c1-12-16(15-5-3-4-6-17(15)24(12)2)11-18-19(25)23-20(26-18)22-14-9-7-13(21)8-10-14/h3-11H,1-2H3,(H,22,23,25)/b18-11-. The number of nitrogens with zero attached hydrogens (tertiary/aromatic N) is 2. The lowest BCUT2D eigenvalue weighted by Crippen LogP contribution is -2.19. The average Bonchev–Trinajstić information content (AvgIpc) is 3.10. The average molecular weight is 426 g/mol. The highest BCUT2D eigenvalue weighted by molar-refractivity contribution is 9.10. The summed E-state index contributed by atoms with van der Waals surface area (Å²) in [6.45, 7) is 2.07. The normalized spacial score (nSPS) is 17.4. The first kappa shape index (κ1) is 17.1. The Kier molecular flexibility index (Phi) is 4.46. The molecule has 130 valence electrons. The molecular weight excluding hydrogens is 410 g/mol. The lowest BCUT2D eigenvalue weighted by atomic mass is 10.1. The number of fused-ring (bicyclic) bond motifs is 1. The number of aryl methyl sites for hydroxylation is 1. The number of halogens is 1. The molecule has 0 atom stereocenters. The van der Waals surface area contributed by atoms with E-state index >= 15 is 0 Å². The van der Waals surface area contributed by atoms with Crippen LogP contribution in [0.25, 0.3) is 17.0 Å². The van der Waals surface area contributed by atoms with Gasteiger partial charge in [-0.2, -0.15) is 0 Å². The molecule has 0 saturated carbocycles. The van der Waals surface area contributed by atoms with Gasteiger partial charge in [-0.15, -0.1) is 0 Å². The lowest BCUT2D eigenvalue weighted by molar-refractivity contribution is -0.115. The van der Waals surface area contributed by atoms with Crippen LogP contribution in [0.1, 0.15) is 11.3 Å². The fourth-order valence-corrected chi connectivity index (χ4v) is 4.06. The Morgan fingerprint density at radius 1 is 1.15 bits per heavy atom. The fraction of sp³-hybridized carbons (Fsp3) is 0.100. The second kappa shape index (κ2) is 6.78. The number of hydrogen-bond acceptors (Lipinski definition) is 3. The first-order chi connectivity index (χ1) is 12.5. The molecule has 1 N–H and O–H groups in total. The molecule has 1 amide bonds. The maximum Gasteiger partial charge on any atom is 0.264 e. The predicted molar refractivity (Wildman–Crippen MR) is 113 cm³/mol. The highest BCUT2D eigenvalue weighted by Gasteiger charge is 2.25. The van der Waals surface area contributed by atoms with Crippen molar-refractivity contribution < 1.29 is 4.79 Å². The summed E-state index contributed by atoms with van der Waals surface area (Å²) in [5.74, 6) is -0.113. The molecule has 0 unspecified atom stereocenters. The molecule has 1 saturated heterocycles. The van der Waals surface area contributed by atoms with E-state index in [9.17, 15) is 4.79 Å². The van der Waals surface area contributed by atoms with E-state index in [-0.39, 0.29) is 5.91 Å². The molecule has 1 aliphatic rings. The highest BCUT2D eigenvalue weighted by Crippen LogP contribution is 2.32. The topological polar surface area (TPSA) is 46.4 Å². The van der Waals surface area contributed by atoms with Crippen LogP contribution in [0.3, 0.4) is 0 Å². The number of aliphatic imine (C=N–C) groups is 1. The number of carbonyl (C=O) groups is 1. The van der Waals surface area contributed by atoms with Gasteiger partial charge >= 0.3 is 0 Å². The third-order valence-electron chi connectivity index (χ3n) is 4.43. The minimum atomic E-state index is -0.113. The van der Waals surface area contributed by atoms with Crippen LogP contribution in [-0.2, 0) is 11.8 Å². The Morgan fingerprint density at radius 3 is 2.65 bits per heavy atom. The van der Waals surface area contributed by atoms with Gasteiger partial charge < -0.3 is 9.88 Å². The Morgan fingerprint density at radius 2 is 1.88 bits per heavy atom. The summed E-state index contributed by atoms with van der Waals surface area (Å²) in [6, 6.07) is 15.9. The molecule has 2 aromatic carbocycles. The summed E-state index contributed by atoms with van der Waals surface area (Å²) in [6.07, 6.45) is 1.96. The van der Waals surface area contributed by atoms with Gasteiger partial charge in [-0.1, -0.05) is 34.1 Å². The minimum absolute atomic E-state index is 0.113. The molecule has 4 rings (SSSR count). The second-order valence-electron chi connectivity index (χ2n) is 6.03. The summed E-state index contributed by atoms with van der Waals surface area (Å²) in [4.78, 5) is 17.6. The van der Waals surface area contributed by atoms with E-state index in [1.165, 1.54) is 11.8 Å². The molecular formula is C20H16BrN3OS. The summed E-state index contributed by atoms with van der Waals surface area (Å²) in [7, 11) is 2.04. The van der Waals surface area contributed by atoms with Crippen LogP contribution in [0.5, 0.6) is 0 Å². The number of rotatable bonds is 2. The number of benzene rings is 2. The van der Waals surface area contributed by atoms with E-state index in [1.54, 1.807) is 0 Å². The zero-order chi connectivity index (χ0) is 18.3. The molecule has 0 aliphatic carbocycles. The van der Waals surface area contributed by atoms with Crippen LogP contribution in [-0.4, -0.2) is 15.6 Å². The van der Waals surface area contributed by atoms with E-state index in [0.29, 0.717) is 10.1 Å². The predicted octanol–water partition coefficient (Wildman–Crippen LogP) is 5.14. The van der Waals surface area contributed by atoms with Crippen molar-refractivity contribution in [3.05, 3.63) is 69.2 Å². The number of para-hydroxylation sites is 1. The van der Waals surface area contributed by atoms with Gasteiger partial charge in [0.1, 0.15) is 0 Å². The minimum Gasteiger partial charge on any atom is -0.347 e. The van der Waals surface area contributed by atoms with E-state index in [0.717, 1.165) is 32.3 Å². The quantitative estimate of drug-likeness (QED) is 0.577. The lowest BCUT2D eigenvalue weighted by Gasteiger charge is -1.98. The molecule has 0 radical (unpaired) electrons. The number of amides is 1. The van der Waals surface area contributed by atoms with Crippen molar-refractivity contribution in [1.82, 2.24) is 9.88 Å².